The molecule has 0 saturated carbocycles. The van der Waals surface area contributed by atoms with Crippen LogP contribution in [0.5, 0.6) is 0 Å². The number of anilines is 12. The highest BCUT2D eigenvalue weighted by molar-refractivity contribution is 7.15. The number of aryl methyl sites for hydroxylation is 4. The molecule has 0 saturated heterocycles. The number of thiazole rings is 4. The summed E-state index contributed by atoms with van der Waals surface area (Å²) < 4.78 is 0. The van der Waals surface area contributed by atoms with Crippen molar-refractivity contribution in [3.05, 3.63) is 201 Å². The first-order valence-corrected chi connectivity index (χ1v) is 34.6. The Morgan fingerprint density at radius 1 is 0.284 bits per heavy atom. The average Bonchev–Trinajstić information content (AvgIpc) is 0.900. The van der Waals surface area contributed by atoms with E-state index < -0.39 is 0 Å². The summed E-state index contributed by atoms with van der Waals surface area (Å²) in [5.74, 6) is 0. The zero-order chi connectivity index (χ0) is 62.2. The fourth-order valence-corrected chi connectivity index (χ4v) is 16.0. The van der Waals surface area contributed by atoms with Crippen LogP contribution >= 0.6 is 45.3 Å². The molecule has 0 spiro atoms. The van der Waals surface area contributed by atoms with Crippen LogP contribution in [-0.4, -0.2) is 19.9 Å². The van der Waals surface area contributed by atoms with Gasteiger partial charge in [-0.1, -0.05) is 184 Å². The molecule has 12 rings (SSSR count). The number of nitrogens with zero attached hydrogens (tertiary/aromatic N) is 8. The zero-order valence-corrected chi connectivity index (χ0v) is 57.3. The zero-order valence-electron chi connectivity index (χ0n) is 54.1. The lowest BCUT2D eigenvalue weighted by molar-refractivity contribution is 0.590. The first-order valence-electron chi connectivity index (χ1n) is 31.1. The highest BCUT2D eigenvalue weighted by Crippen LogP contribution is 2.57. The fourth-order valence-electron chi connectivity index (χ4n) is 12.3. The Labute approximate surface area is 537 Å². The Bertz CT molecular complexity index is 3860. The maximum Gasteiger partial charge on any atom is 0.123 e. The van der Waals surface area contributed by atoms with Crippen LogP contribution in [0.3, 0.4) is 0 Å². The van der Waals surface area contributed by atoms with Crippen LogP contribution in [0, 0.1) is 0 Å². The van der Waals surface area contributed by atoms with Crippen molar-refractivity contribution in [3.8, 4) is 0 Å². The van der Waals surface area contributed by atoms with E-state index in [1.54, 1.807) is 45.3 Å². The van der Waals surface area contributed by atoms with Gasteiger partial charge in [0.2, 0.25) is 0 Å². The number of rotatable bonds is 16. The molecule has 0 fully saturated rings. The Morgan fingerprint density at radius 2 is 0.477 bits per heavy atom. The Hall–Kier alpha value is -7.48. The van der Waals surface area contributed by atoms with E-state index in [0.717, 1.165) is 136 Å². The van der Waals surface area contributed by atoms with Gasteiger partial charge in [0.05, 0.1) is 67.6 Å². The van der Waals surface area contributed by atoms with Crippen LogP contribution in [0.15, 0.2) is 156 Å². The van der Waals surface area contributed by atoms with Crippen molar-refractivity contribution in [2.45, 2.75) is 158 Å². The van der Waals surface area contributed by atoms with E-state index in [9.17, 15) is 0 Å². The van der Waals surface area contributed by atoms with E-state index in [1.807, 2.05) is 22.0 Å². The van der Waals surface area contributed by atoms with Gasteiger partial charge in [-0.15, -0.1) is 45.3 Å². The third-order valence-corrected chi connectivity index (χ3v) is 20.8. The van der Waals surface area contributed by atoms with E-state index in [0.29, 0.717) is 0 Å². The van der Waals surface area contributed by atoms with Crippen molar-refractivity contribution in [1.29, 1.82) is 0 Å². The highest BCUT2D eigenvalue weighted by atomic mass is 32.1. The molecule has 12 aromatic rings. The van der Waals surface area contributed by atoms with Crippen LogP contribution in [0.25, 0.3) is 32.3 Å². The number of hydrogen-bond donors (Lipinski definition) is 0. The molecule has 12 heteroatoms. The highest BCUT2D eigenvalue weighted by Gasteiger charge is 2.33. The molecule has 8 nitrogen and oxygen atoms in total. The van der Waals surface area contributed by atoms with Gasteiger partial charge in [-0.25, -0.2) is 19.9 Å². The summed E-state index contributed by atoms with van der Waals surface area (Å²) in [5, 5.41) is 11.3. The molecular formula is C76H82N8S4. The summed E-state index contributed by atoms with van der Waals surface area (Å²) in [6.45, 7) is 36.4. The molecule has 0 aliphatic carbocycles. The first kappa shape index (κ1) is 60.8. The van der Waals surface area contributed by atoms with Crippen LogP contribution in [-0.2, 0) is 47.3 Å². The summed E-state index contributed by atoms with van der Waals surface area (Å²) in [4.78, 5) is 30.4. The lowest BCUT2D eigenvalue weighted by Crippen LogP contribution is -2.17. The third kappa shape index (κ3) is 11.1. The van der Waals surface area contributed by atoms with Crippen molar-refractivity contribution < 1.29 is 0 Å². The largest absolute Gasteiger partial charge is 0.300 e. The summed E-state index contributed by atoms with van der Waals surface area (Å²) in [6.07, 6.45) is 3.12. The van der Waals surface area contributed by atoms with E-state index in [-0.39, 0.29) is 21.7 Å². The van der Waals surface area contributed by atoms with Gasteiger partial charge in [0.1, 0.15) is 20.0 Å². The quantitative estimate of drug-likeness (QED) is 0.0887. The maximum absolute atomic E-state index is 5.10. The molecule has 4 heterocycles. The van der Waals surface area contributed by atoms with Crippen molar-refractivity contribution >= 4 is 143 Å². The van der Waals surface area contributed by atoms with Gasteiger partial charge in [-0.05, 0) is 130 Å². The van der Waals surface area contributed by atoms with Crippen molar-refractivity contribution in [1.82, 2.24) is 19.9 Å². The minimum absolute atomic E-state index is 0.0358. The van der Waals surface area contributed by atoms with Gasteiger partial charge < -0.3 is 0 Å². The van der Waals surface area contributed by atoms with Crippen LogP contribution in [0.4, 0.5) is 65.5 Å². The normalized spacial score (nSPS) is 12.5. The smallest absolute Gasteiger partial charge is 0.123 e. The standard InChI is InChI=1S/C76H82N8S4/c1-17-59-69(85-43-77-59)81(51-29-21-47(22-30-51)73(5,6)7)63-41-64(82(70-60(18-2)78-44-86-70)52-31-23-48(24-32-52)74(8,9)10)56-39-40-58-66(84(72-62(20-4)80-46-88-72)54-35-27-50(28-36-54)76(14,15)16)42-65(57-38-37-55(63)67(56)68(57)58)83(71-61(19-3)79-45-87-71)53-33-25-49(26-34-53)75(11,12)13/h21-46H,17-20H2,1-16H3. The second-order valence-electron chi connectivity index (χ2n) is 27.3. The molecule has 0 unspecified atom stereocenters. The molecule has 0 N–H and O–H groups in total. The topological polar surface area (TPSA) is 64.5 Å². The molecular weight excluding hydrogens is 1150 g/mol. The summed E-state index contributed by atoms with van der Waals surface area (Å²) in [6, 6.07) is 51.7. The van der Waals surface area contributed by atoms with Gasteiger partial charge in [0.25, 0.3) is 0 Å². The van der Waals surface area contributed by atoms with E-state index in [2.05, 4.69) is 264 Å². The van der Waals surface area contributed by atoms with E-state index >= 15 is 0 Å². The number of benzene rings is 8. The van der Waals surface area contributed by atoms with Gasteiger partial charge in [0.15, 0.2) is 0 Å². The van der Waals surface area contributed by atoms with E-state index in [1.165, 1.54) is 33.0 Å². The molecule has 0 amide bonds. The average molecular weight is 1240 g/mol. The van der Waals surface area contributed by atoms with Crippen molar-refractivity contribution in [2.75, 3.05) is 19.6 Å². The maximum atomic E-state index is 5.10. The molecule has 450 valence electrons. The predicted octanol–water partition coefficient (Wildman–Crippen LogP) is 23.7. The predicted molar refractivity (Wildman–Crippen MR) is 384 cm³/mol. The van der Waals surface area contributed by atoms with Gasteiger partial charge in [-0.2, -0.15) is 0 Å². The van der Waals surface area contributed by atoms with Crippen molar-refractivity contribution in [2.24, 2.45) is 0 Å². The van der Waals surface area contributed by atoms with Crippen LogP contribution in [0.2, 0.25) is 0 Å². The summed E-state index contributed by atoms with van der Waals surface area (Å²) in [5.41, 5.74) is 25.9. The van der Waals surface area contributed by atoms with Gasteiger partial charge in [0, 0.05) is 55.1 Å². The number of hydrogen-bond acceptors (Lipinski definition) is 12. The third-order valence-electron chi connectivity index (χ3n) is 17.4. The Balaban J connectivity index is 1.29. The monoisotopic (exact) mass is 1230 g/mol. The minimum Gasteiger partial charge on any atom is -0.300 e. The molecule has 0 aliphatic heterocycles. The lowest BCUT2D eigenvalue weighted by Gasteiger charge is -2.34. The summed E-state index contributed by atoms with van der Waals surface area (Å²) >= 11 is 6.83. The second-order valence-corrected chi connectivity index (χ2v) is 30.6. The molecule has 88 heavy (non-hydrogen) atoms. The SMILES string of the molecule is CCc1ncsc1N(c1ccc(C(C)(C)C)cc1)c1cc(N(c2ccc(C(C)(C)C)cc2)c2scnc2CC)c2ccc3c(N(c4ccc(C(C)(C)C)cc4)c4scnc4CC)cc(N(c4ccc(C(C)(C)C)cc4)c4scnc4CC)c4ccc1c2c43. The van der Waals surface area contributed by atoms with Gasteiger partial charge in [-0.3, -0.25) is 19.6 Å². The van der Waals surface area contributed by atoms with Crippen LogP contribution in [0.1, 0.15) is 156 Å². The van der Waals surface area contributed by atoms with Crippen LogP contribution < -0.4 is 19.6 Å². The Morgan fingerprint density at radius 3 is 0.648 bits per heavy atom. The molecule has 0 aliphatic rings. The van der Waals surface area contributed by atoms with Crippen molar-refractivity contribution in [3.63, 3.8) is 0 Å². The molecule has 0 radical (unpaired) electrons. The molecule has 8 aromatic carbocycles. The fraction of sp³-hybridized carbons (Fsp3) is 0.316. The summed E-state index contributed by atoms with van der Waals surface area (Å²) in [7, 11) is 0. The molecule has 0 atom stereocenters. The van der Waals surface area contributed by atoms with E-state index in [4.69, 9.17) is 19.9 Å². The lowest BCUT2D eigenvalue weighted by atomic mass is 9.86. The number of aromatic nitrogens is 4. The minimum atomic E-state index is -0.0358. The van der Waals surface area contributed by atoms with Gasteiger partial charge >= 0.3 is 0 Å². The molecule has 4 aromatic heterocycles. The second kappa shape index (κ2) is 23.5. The first-order chi connectivity index (χ1) is 42.0. The molecule has 0 bridgehead atoms. The Kier molecular flexibility index (Phi) is 16.2.